The molecule has 4 aliphatic rings. The number of aliphatic hydroxyl groups is 1. The number of carbonyl (C=O) groups excluding carboxylic acids is 3. The minimum atomic E-state index is -1.06. The first kappa shape index (κ1) is 35.1. The molecule has 0 radical (unpaired) electrons. The number of likely N-dealkylation sites (tertiary alicyclic amines) is 3. The molecule has 13 nitrogen and oxygen atoms in total. The maximum Gasteiger partial charge on any atom is 0.419 e. The van der Waals surface area contributed by atoms with Crippen LogP contribution in [-0.2, 0) is 29.4 Å². The van der Waals surface area contributed by atoms with Crippen molar-refractivity contribution in [3.05, 3.63) is 63.6 Å². The zero-order chi connectivity index (χ0) is 35.9. The summed E-state index contributed by atoms with van der Waals surface area (Å²) >= 11 is 0. The lowest BCUT2D eigenvalue weighted by Crippen LogP contribution is -2.54. The number of fused-ring (bicyclic) bond motifs is 2. The normalized spacial score (nSPS) is 21.3. The summed E-state index contributed by atoms with van der Waals surface area (Å²) in [5.74, 6) is -0.693. The molecule has 1 unspecified atom stereocenters. The molecular weight excluding hydrogens is 652 g/mol. The Morgan fingerprint density at radius 2 is 1.63 bits per heavy atom. The van der Waals surface area contributed by atoms with E-state index in [0.29, 0.717) is 62.7 Å². The van der Waals surface area contributed by atoms with E-state index in [1.807, 2.05) is 54.0 Å². The second-order valence-electron chi connectivity index (χ2n) is 15.1. The summed E-state index contributed by atoms with van der Waals surface area (Å²) in [6.07, 6.45) is 3.65. The first-order valence-electron chi connectivity index (χ1n) is 18.4. The number of anilines is 1. The summed E-state index contributed by atoms with van der Waals surface area (Å²) in [6.45, 7) is 8.02. The predicted octanol–water partition coefficient (Wildman–Crippen LogP) is 3.88. The lowest BCUT2D eigenvalue weighted by molar-refractivity contribution is -0.142. The number of aryl methyl sites for hydroxylation is 2. The van der Waals surface area contributed by atoms with Gasteiger partial charge in [0, 0.05) is 77.1 Å². The van der Waals surface area contributed by atoms with Gasteiger partial charge in [0.25, 0.3) is 5.91 Å². The molecule has 0 saturated carbocycles. The molecule has 5 heterocycles. The molecule has 2 aromatic carbocycles. The van der Waals surface area contributed by atoms with E-state index in [9.17, 15) is 24.3 Å². The van der Waals surface area contributed by atoms with Crippen LogP contribution in [-0.4, -0.2) is 117 Å². The monoisotopic (exact) mass is 702 g/mol. The Morgan fingerprint density at radius 1 is 0.961 bits per heavy atom. The first-order valence-corrected chi connectivity index (χ1v) is 18.4. The number of ether oxygens (including phenoxy) is 1. The van der Waals surface area contributed by atoms with Crippen LogP contribution in [0, 0.1) is 6.92 Å². The third kappa shape index (κ3) is 7.50. The molecule has 3 saturated heterocycles. The fourth-order valence-corrected chi connectivity index (χ4v) is 8.41. The quantitative estimate of drug-likeness (QED) is 0.395. The molecule has 0 bridgehead atoms. The van der Waals surface area contributed by atoms with E-state index in [1.165, 1.54) is 4.57 Å². The number of nitrogens with one attached hydrogen (secondary N) is 1. The third-order valence-electron chi connectivity index (χ3n) is 11.5. The maximum atomic E-state index is 14.2. The van der Waals surface area contributed by atoms with E-state index in [0.717, 1.165) is 67.6 Å². The van der Waals surface area contributed by atoms with Crippen molar-refractivity contribution in [2.45, 2.75) is 89.0 Å². The average Bonchev–Trinajstić information content (AvgIpc) is 3.29. The van der Waals surface area contributed by atoms with Crippen LogP contribution in [0.3, 0.4) is 0 Å². The van der Waals surface area contributed by atoms with E-state index in [-0.39, 0.29) is 24.4 Å². The van der Waals surface area contributed by atoms with E-state index < -0.39 is 23.6 Å². The summed E-state index contributed by atoms with van der Waals surface area (Å²) in [5.41, 5.74) is 4.03. The zero-order valence-corrected chi connectivity index (χ0v) is 29.9. The second-order valence-corrected chi connectivity index (χ2v) is 15.1. The van der Waals surface area contributed by atoms with E-state index >= 15 is 0 Å². The molecule has 1 atom stereocenters. The van der Waals surface area contributed by atoms with Gasteiger partial charge in [0.2, 0.25) is 0 Å². The van der Waals surface area contributed by atoms with Gasteiger partial charge in [-0.15, -0.1) is 0 Å². The van der Waals surface area contributed by atoms with Crippen molar-refractivity contribution in [2.75, 3.05) is 51.1 Å². The summed E-state index contributed by atoms with van der Waals surface area (Å²) in [7, 11) is 1.66. The second kappa shape index (κ2) is 14.3. The predicted molar refractivity (Wildman–Crippen MR) is 192 cm³/mol. The highest BCUT2D eigenvalue weighted by molar-refractivity contribution is 5.91. The Bertz CT molecular complexity index is 1830. The minimum Gasteiger partial charge on any atom is -0.436 e. The Hall–Kier alpha value is -4.36. The molecule has 0 aliphatic carbocycles. The number of hydrogen-bond acceptors (Lipinski definition) is 8. The van der Waals surface area contributed by atoms with Gasteiger partial charge in [0.1, 0.15) is 0 Å². The van der Waals surface area contributed by atoms with Crippen molar-refractivity contribution in [1.29, 1.82) is 0 Å². The van der Waals surface area contributed by atoms with E-state index in [4.69, 9.17) is 9.15 Å². The van der Waals surface area contributed by atoms with Crippen molar-refractivity contribution in [2.24, 2.45) is 7.05 Å². The Morgan fingerprint density at radius 3 is 2.35 bits per heavy atom. The van der Waals surface area contributed by atoms with Gasteiger partial charge in [-0.1, -0.05) is 24.3 Å². The van der Waals surface area contributed by atoms with Crippen LogP contribution in [0.1, 0.15) is 62.1 Å². The molecule has 51 heavy (non-hydrogen) atoms. The van der Waals surface area contributed by atoms with Gasteiger partial charge in [0.05, 0.1) is 11.1 Å². The van der Waals surface area contributed by atoms with E-state index in [1.54, 1.807) is 18.0 Å². The number of rotatable bonds is 6. The number of carbonyl (C=O) groups is 3. The standard InChI is InChI=1S/C38H50N6O7/c1-25-22-26(23-31-33(25)40(3)36(47)50-31)24-32(34(45)42-15-9-28(10-16-42)41-20-13-38(2,49)14-21-41)51-37(48)43-17-11-29(12-18-43)44-19-8-27-6-4-5-7-30(27)39-35(44)46/h4-7,22-23,28-29,32,49H,8-21,24H2,1-3H3,(H,39,46). The average molecular weight is 703 g/mol. The zero-order valence-electron chi connectivity index (χ0n) is 29.9. The van der Waals surface area contributed by atoms with Crippen LogP contribution < -0.4 is 11.1 Å². The smallest absolute Gasteiger partial charge is 0.419 e. The molecule has 3 fully saturated rings. The summed E-state index contributed by atoms with van der Waals surface area (Å²) in [6, 6.07) is 11.7. The van der Waals surface area contributed by atoms with Crippen LogP contribution in [0.15, 0.2) is 45.6 Å². The molecule has 13 heteroatoms. The number of aromatic nitrogens is 1. The summed E-state index contributed by atoms with van der Waals surface area (Å²) < 4.78 is 13.0. The number of urea groups is 1. The molecule has 3 aromatic rings. The van der Waals surface area contributed by atoms with Gasteiger partial charge < -0.3 is 39.2 Å². The van der Waals surface area contributed by atoms with Gasteiger partial charge in [0.15, 0.2) is 11.7 Å². The minimum absolute atomic E-state index is 0.0108. The number of piperidine rings is 3. The van der Waals surface area contributed by atoms with Crippen LogP contribution >= 0.6 is 0 Å². The van der Waals surface area contributed by atoms with Crippen molar-refractivity contribution in [3.63, 3.8) is 0 Å². The Balaban J connectivity index is 1.02. The Labute approximate surface area is 298 Å². The van der Waals surface area contributed by atoms with Gasteiger partial charge in [-0.2, -0.15) is 0 Å². The maximum absolute atomic E-state index is 14.2. The molecule has 7 rings (SSSR count). The highest BCUT2D eigenvalue weighted by Crippen LogP contribution is 2.29. The summed E-state index contributed by atoms with van der Waals surface area (Å²) in [5, 5.41) is 13.4. The largest absolute Gasteiger partial charge is 0.436 e. The molecule has 4 amide bonds. The molecule has 1 aromatic heterocycles. The Kier molecular flexibility index (Phi) is 9.86. The molecule has 4 aliphatic heterocycles. The SMILES string of the molecule is Cc1cc(CC(OC(=O)N2CCC(N3CCc4ccccc4NC3=O)CC2)C(=O)N2CCC(N3CCC(C)(O)CC3)CC2)cc2oc(=O)n(C)c12. The topological polar surface area (TPSA) is 141 Å². The van der Waals surface area contributed by atoms with Crippen LogP contribution in [0.25, 0.3) is 11.1 Å². The van der Waals surface area contributed by atoms with Gasteiger partial charge in [-0.05, 0) is 87.6 Å². The number of nitrogens with zero attached hydrogens (tertiary/aromatic N) is 5. The number of oxazole rings is 1. The highest BCUT2D eigenvalue weighted by Gasteiger charge is 2.37. The van der Waals surface area contributed by atoms with Gasteiger partial charge in [-0.25, -0.2) is 14.4 Å². The van der Waals surface area contributed by atoms with Crippen molar-refractivity contribution >= 4 is 34.8 Å². The lowest BCUT2D eigenvalue weighted by atomic mass is 9.91. The van der Waals surface area contributed by atoms with E-state index in [2.05, 4.69) is 10.2 Å². The fraction of sp³-hybridized carbons (Fsp3) is 0.579. The first-order chi connectivity index (χ1) is 24.5. The van der Waals surface area contributed by atoms with Crippen LogP contribution in [0.4, 0.5) is 15.3 Å². The van der Waals surface area contributed by atoms with Crippen LogP contribution in [0.2, 0.25) is 0 Å². The molecule has 274 valence electrons. The lowest BCUT2D eigenvalue weighted by Gasteiger charge is -2.43. The fourth-order valence-electron chi connectivity index (χ4n) is 8.41. The van der Waals surface area contributed by atoms with Crippen molar-refractivity contribution < 1.29 is 28.6 Å². The van der Waals surface area contributed by atoms with Crippen molar-refractivity contribution in [3.8, 4) is 0 Å². The number of benzene rings is 2. The third-order valence-corrected chi connectivity index (χ3v) is 11.5. The number of para-hydroxylation sites is 1. The summed E-state index contributed by atoms with van der Waals surface area (Å²) in [4.78, 5) is 61.1. The molecule has 0 spiro atoms. The van der Waals surface area contributed by atoms with Gasteiger partial charge >= 0.3 is 17.9 Å². The number of hydrogen-bond donors (Lipinski definition) is 2. The number of amides is 4. The van der Waals surface area contributed by atoms with Crippen LogP contribution in [0.5, 0.6) is 0 Å². The van der Waals surface area contributed by atoms with Gasteiger partial charge in [-0.3, -0.25) is 9.36 Å². The molecular formula is C38H50N6O7. The highest BCUT2D eigenvalue weighted by atomic mass is 16.6. The molecule has 2 N–H and O–H groups in total. The van der Waals surface area contributed by atoms with Crippen molar-refractivity contribution in [1.82, 2.24) is 24.2 Å².